The Hall–Kier alpha value is -3.35. The number of esters is 1. The average Bonchev–Trinajstić information content (AvgIpc) is 3.10. The fraction of sp³-hybridized carbons (Fsp3) is 0.0455. The molecule has 3 N–H and O–H groups in total. The largest absolute Gasteiger partial charge is 0.506 e. The first-order valence-corrected chi connectivity index (χ1v) is 10.6. The van der Waals surface area contributed by atoms with Crippen LogP contribution in [0.1, 0.15) is 37.4 Å². The summed E-state index contributed by atoms with van der Waals surface area (Å²) in [4.78, 5) is 24.8. The van der Waals surface area contributed by atoms with E-state index in [0.29, 0.717) is 0 Å². The lowest BCUT2D eigenvalue weighted by Gasteiger charge is -2.37. The van der Waals surface area contributed by atoms with Crippen LogP contribution < -0.4 is 4.74 Å². The Labute approximate surface area is 211 Å². The van der Waals surface area contributed by atoms with Gasteiger partial charge in [-0.2, -0.15) is 0 Å². The quantitative estimate of drug-likeness (QED) is 0.314. The number of aromatic carboxylic acids is 1. The van der Waals surface area contributed by atoms with E-state index in [9.17, 15) is 24.9 Å². The zero-order valence-corrected chi connectivity index (χ0v) is 19.4. The van der Waals surface area contributed by atoms with Crippen LogP contribution in [0.5, 0.6) is 23.0 Å². The van der Waals surface area contributed by atoms with Crippen molar-refractivity contribution in [3.8, 4) is 29.6 Å². The van der Waals surface area contributed by atoms with Crippen LogP contribution in [0.3, 0.4) is 0 Å². The number of hydrogen-bond donors (Lipinski definition) is 3. The van der Waals surface area contributed by atoms with Crippen LogP contribution in [0.25, 0.3) is 0 Å². The van der Waals surface area contributed by atoms with Crippen LogP contribution in [-0.4, -0.2) is 27.3 Å². The molecule has 2 aliphatic rings. The van der Waals surface area contributed by atoms with Crippen LogP contribution in [0.15, 0.2) is 30.3 Å². The van der Waals surface area contributed by atoms with Crippen molar-refractivity contribution in [2.24, 2.45) is 0 Å². The van der Waals surface area contributed by atoms with E-state index in [1.807, 2.05) is 0 Å². The molecule has 0 atom stereocenters. The smallest absolute Gasteiger partial charge is 0.341 e. The molecule has 0 aliphatic carbocycles. The standard InChI is InChI=1S/C21H8Cl4O7.CHN/c22-9-2-7-14(4-12(9)26)31-15-5-13(27)10(23)3-8(15)21(7)17-16(20(30)32-21)11(24)1-6(18(17)25)19(28)29;1-2/h1-5,26-27H,(H,28,29);1H. The van der Waals surface area contributed by atoms with Crippen molar-refractivity contribution in [2.75, 3.05) is 0 Å². The third kappa shape index (κ3) is 3.13. The van der Waals surface area contributed by atoms with E-state index >= 15 is 0 Å². The molecule has 0 fully saturated rings. The van der Waals surface area contributed by atoms with Gasteiger partial charge in [-0.1, -0.05) is 46.4 Å². The van der Waals surface area contributed by atoms with Crippen LogP contribution in [0.2, 0.25) is 20.1 Å². The summed E-state index contributed by atoms with van der Waals surface area (Å²) in [6.45, 7) is 3.50. The second-order valence-electron chi connectivity index (χ2n) is 7.05. The molecule has 0 radical (unpaired) electrons. The number of rotatable bonds is 1. The zero-order valence-electron chi connectivity index (χ0n) is 16.4. The molecule has 0 aromatic heterocycles. The highest BCUT2D eigenvalue weighted by Crippen LogP contribution is 2.60. The maximum absolute atomic E-state index is 13.0. The van der Waals surface area contributed by atoms with Gasteiger partial charge in [-0.25, -0.2) is 14.9 Å². The first kappa shape index (κ1) is 23.8. The average molecular weight is 541 g/mol. The number of phenols is 2. The van der Waals surface area contributed by atoms with Crippen molar-refractivity contribution < 1.29 is 34.4 Å². The highest BCUT2D eigenvalue weighted by Gasteiger charge is 2.56. The van der Waals surface area contributed by atoms with E-state index in [1.165, 1.54) is 24.3 Å². The van der Waals surface area contributed by atoms with Crippen molar-refractivity contribution in [1.29, 1.82) is 5.26 Å². The van der Waals surface area contributed by atoms with E-state index < -0.39 is 17.5 Å². The summed E-state index contributed by atoms with van der Waals surface area (Å²) in [6.07, 6.45) is 0. The molecule has 0 unspecified atom stereocenters. The molecule has 0 saturated heterocycles. The minimum atomic E-state index is -1.88. The Kier molecular flexibility index (Phi) is 5.70. The number of aromatic hydroxyl groups is 2. The number of carbonyl (C=O) groups is 2. The molecule has 34 heavy (non-hydrogen) atoms. The molecule has 0 saturated carbocycles. The Morgan fingerprint density at radius 3 is 1.85 bits per heavy atom. The van der Waals surface area contributed by atoms with Gasteiger partial charge in [0.15, 0.2) is 5.60 Å². The summed E-state index contributed by atoms with van der Waals surface area (Å²) in [7, 11) is 0. The lowest BCUT2D eigenvalue weighted by molar-refractivity contribution is 0.0224. The van der Waals surface area contributed by atoms with Gasteiger partial charge in [-0.15, -0.1) is 0 Å². The number of carboxylic acid groups (broad SMARTS) is 1. The highest BCUT2D eigenvalue weighted by molar-refractivity contribution is 6.39. The van der Waals surface area contributed by atoms with Gasteiger partial charge in [0.2, 0.25) is 0 Å². The lowest BCUT2D eigenvalue weighted by atomic mass is 9.77. The molecule has 3 aromatic carbocycles. The van der Waals surface area contributed by atoms with Gasteiger partial charge in [-0.3, -0.25) is 0 Å². The van der Waals surface area contributed by atoms with Crippen molar-refractivity contribution in [3.63, 3.8) is 0 Å². The summed E-state index contributed by atoms with van der Waals surface area (Å²) in [5, 5.41) is 35.6. The molecule has 2 heterocycles. The predicted octanol–water partition coefficient (Wildman–Crippen LogP) is 6.12. The van der Waals surface area contributed by atoms with Gasteiger partial charge in [0.1, 0.15) is 23.0 Å². The van der Waals surface area contributed by atoms with E-state index in [1.54, 1.807) is 0 Å². The Balaban J connectivity index is 0.00000133. The Morgan fingerprint density at radius 2 is 1.38 bits per heavy atom. The van der Waals surface area contributed by atoms with Gasteiger partial charge in [0, 0.05) is 35.4 Å². The number of carbonyl (C=O) groups excluding carboxylic acids is 1. The summed E-state index contributed by atoms with van der Waals surface area (Å²) in [5.74, 6) is -2.86. The van der Waals surface area contributed by atoms with Crippen molar-refractivity contribution in [2.45, 2.75) is 5.60 Å². The van der Waals surface area contributed by atoms with Gasteiger partial charge in [0.05, 0.1) is 31.2 Å². The maximum Gasteiger partial charge on any atom is 0.341 e. The number of fused-ring (bicyclic) bond motifs is 6. The van der Waals surface area contributed by atoms with Crippen LogP contribution >= 0.6 is 46.4 Å². The van der Waals surface area contributed by atoms with E-state index in [4.69, 9.17) is 61.1 Å². The van der Waals surface area contributed by atoms with Gasteiger partial charge < -0.3 is 24.8 Å². The molecule has 12 heteroatoms. The van der Waals surface area contributed by atoms with Crippen LogP contribution in [0, 0.1) is 11.8 Å². The minimum Gasteiger partial charge on any atom is -0.506 e. The van der Waals surface area contributed by atoms with Gasteiger partial charge >= 0.3 is 11.9 Å². The summed E-state index contributed by atoms with van der Waals surface area (Å²) >= 11 is 25.1. The molecule has 2 aliphatic heterocycles. The fourth-order valence-electron chi connectivity index (χ4n) is 4.00. The number of phenolic OH excluding ortho intramolecular Hbond substituents is 2. The fourth-order valence-corrected chi connectivity index (χ4v) is 4.97. The van der Waals surface area contributed by atoms with Crippen molar-refractivity contribution in [3.05, 3.63) is 78.2 Å². The molecule has 0 amide bonds. The number of nitriles is 1. The number of benzene rings is 3. The molecule has 3 aromatic rings. The molecule has 5 rings (SSSR count). The monoisotopic (exact) mass is 539 g/mol. The van der Waals surface area contributed by atoms with E-state index in [2.05, 4.69) is 6.57 Å². The Bertz CT molecular complexity index is 1390. The first-order chi connectivity index (χ1) is 16.1. The van der Waals surface area contributed by atoms with E-state index in [0.717, 1.165) is 6.07 Å². The SMILES string of the molecule is C#N.O=C(O)c1cc(Cl)c2c(c1Cl)C1(OC2=O)c2cc(Cl)c(O)cc2Oc2cc(O)c(Cl)cc21. The maximum atomic E-state index is 13.0. The van der Waals surface area contributed by atoms with Gasteiger partial charge in [0.25, 0.3) is 0 Å². The minimum absolute atomic E-state index is 0.0229. The van der Waals surface area contributed by atoms with E-state index in [-0.39, 0.29) is 70.9 Å². The predicted molar refractivity (Wildman–Crippen MR) is 122 cm³/mol. The third-order valence-corrected chi connectivity index (χ3v) is 6.62. The molecular weight excluding hydrogens is 532 g/mol. The molecule has 172 valence electrons. The third-order valence-electron chi connectivity index (χ3n) is 5.32. The number of ether oxygens (including phenoxy) is 2. The number of carboxylic acids is 1. The molecule has 0 bridgehead atoms. The number of halogens is 4. The molecule has 8 nitrogen and oxygen atoms in total. The Morgan fingerprint density at radius 1 is 0.882 bits per heavy atom. The summed E-state index contributed by atoms with van der Waals surface area (Å²) in [5.41, 5.74) is -2.16. The zero-order chi connectivity index (χ0) is 25.1. The molecule has 1 spiro atoms. The molecular formula is C22H9Cl4NO7. The number of hydrogen-bond acceptors (Lipinski definition) is 7. The van der Waals surface area contributed by atoms with Crippen LogP contribution in [0.4, 0.5) is 0 Å². The van der Waals surface area contributed by atoms with Crippen molar-refractivity contribution >= 4 is 58.3 Å². The normalized spacial score (nSPS) is 14.1. The van der Waals surface area contributed by atoms with Gasteiger partial charge in [-0.05, 0) is 18.2 Å². The summed E-state index contributed by atoms with van der Waals surface area (Å²) < 4.78 is 11.7. The first-order valence-electron chi connectivity index (χ1n) is 9.05. The van der Waals surface area contributed by atoms with Crippen molar-refractivity contribution in [1.82, 2.24) is 0 Å². The highest BCUT2D eigenvalue weighted by atomic mass is 35.5. The second-order valence-corrected chi connectivity index (χ2v) is 8.65. The van der Waals surface area contributed by atoms with Crippen LogP contribution in [-0.2, 0) is 10.3 Å². The second kappa shape index (κ2) is 8.15. The summed E-state index contributed by atoms with van der Waals surface area (Å²) in [6, 6.07) is 6.04. The number of nitrogens with zero attached hydrogens (tertiary/aromatic N) is 1. The topological polar surface area (TPSA) is 137 Å². The lowest BCUT2D eigenvalue weighted by Crippen LogP contribution is -2.33.